The molecule has 0 saturated carbocycles. The van der Waals surface area contributed by atoms with E-state index in [0.29, 0.717) is 16.8 Å². The molecule has 0 unspecified atom stereocenters. The van der Waals surface area contributed by atoms with Crippen LogP contribution in [0.15, 0.2) is 18.2 Å². The number of nitrogens with one attached hydrogen (secondary N) is 2. The third-order valence-corrected chi connectivity index (χ3v) is 5.09. The number of benzene rings is 1. The number of hydrogen-bond acceptors (Lipinski definition) is 4. The maximum atomic E-state index is 12.5. The lowest BCUT2D eigenvalue weighted by atomic mass is 9.92. The Hall–Kier alpha value is -2.60. The predicted octanol–water partition coefficient (Wildman–Crippen LogP) is 4.73. The summed E-state index contributed by atoms with van der Waals surface area (Å²) in [5.41, 5.74) is 5.17. The van der Waals surface area contributed by atoms with Gasteiger partial charge in [-0.05, 0) is 49.3 Å². The third-order valence-electron chi connectivity index (χ3n) is 5.09. The van der Waals surface area contributed by atoms with E-state index in [4.69, 9.17) is 4.74 Å². The normalized spacial score (nSPS) is 12.3. The third kappa shape index (κ3) is 5.07. The molecule has 6 nitrogen and oxygen atoms in total. The maximum Gasteiger partial charge on any atom is 0.355 e. The molecular formula is C23H32N2O4. The highest BCUT2D eigenvalue weighted by Crippen LogP contribution is 2.32. The Balaban J connectivity index is 2.14. The fraction of sp³-hybridized carbons (Fsp3) is 0.478. The first-order valence-electron chi connectivity index (χ1n) is 10.0. The number of rotatable bonds is 7. The molecular weight excluding hydrogens is 368 g/mol. The van der Waals surface area contributed by atoms with Gasteiger partial charge in [0.25, 0.3) is 5.91 Å². The molecule has 29 heavy (non-hydrogen) atoms. The molecule has 0 aliphatic heterocycles. The quantitative estimate of drug-likeness (QED) is 0.586. The van der Waals surface area contributed by atoms with Gasteiger partial charge in [-0.2, -0.15) is 0 Å². The zero-order chi connectivity index (χ0) is 21.9. The monoisotopic (exact) mass is 400 g/mol. The van der Waals surface area contributed by atoms with Gasteiger partial charge < -0.3 is 20.1 Å². The van der Waals surface area contributed by atoms with Crippen molar-refractivity contribution in [3.05, 3.63) is 51.8 Å². The van der Waals surface area contributed by atoms with Gasteiger partial charge in [-0.3, -0.25) is 4.79 Å². The SMILES string of the molecule is Cc1[nH]c(C(=O)OCC(=O)Nc2c(C(C)C)cccc2C(C)C)c(C)c1[C@@H](C)O. The summed E-state index contributed by atoms with van der Waals surface area (Å²) in [7, 11) is 0. The smallest absolute Gasteiger partial charge is 0.355 e. The number of ether oxygens (including phenoxy) is 1. The van der Waals surface area contributed by atoms with Crippen LogP contribution < -0.4 is 5.32 Å². The molecule has 158 valence electrons. The van der Waals surface area contributed by atoms with Crippen LogP contribution in [-0.4, -0.2) is 28.6 Å². The Morgan fingerprint density at radius 3 is 2.07 bits per heavy atom. The number of esters is 1. The van der Waals surface area contributed by atoms with Crippen LogP contribution in [0, 0.1) is 13.8 Å². The van der Waals surface area contributed by atoms with E-state index < -0.39 is 12.1 Å². The number of carbonyl (C=O) groups is 2. The molecule has 1 amide bonds. The van der Waals surface area contributed by atoms with Gasteiger partial charge >= 0.3 is 5.97 Å². The number of amides is 1. The first-order valence-corrected chi connectivity index (χ1v) is 10.0. The van der Waals surface area contributed by atoms with Gasteiger partial charge in [0.05, 0.1) is 6.10 Å². The second-order valence-corrected chi connectivity index (χ2v) is 8.08. The van der Waals surface area contributed by atoms with Gasteiger partial charge in [0.15, 0.2) is 6.61 Å². The maximum absolute atomic E-state index is 12.5. The van der Waals surface area contributed by atoms with Crippen molar-refractivity contribution < 1.29 is 19.4 Å². The number of aromatic amines is 1. The van der Waals surface area contributed by atoms with Crippen molar-refractivity contribution in [3.8, 4) is 0 Å². The number of hydrogen-bond donors (Lipinski definition) is 3. The molecule has 2 aromatic rings. The summed E-state index contributed by atoms with van der Waals surface area (Å²) in [6.45, 7) is 13.1. The molecule has 0 aliphatic rings. The predicted molar refractivity (Wildman–Crippen MR) is 114 cm³/mol. The molecule has 0 fully saturated rings. The number of aryl methyl sites for hydroxylation is 1. The van der Waals surface area contributed by atoms with Crippen molar-refractivity contribution in [1.82, 2.24) is 4.98 Å². The summed E-state index contributed by atoms with van der Waals surface area (Å²) in [6.07, 6.45) is -0.696. The summed E-state index contributed by atoms with van der Waals surface area (Å²) in [4.78, 5) is 27.9. The zero-order valence-corrected chi connectivity index (χ0v) is 18.3. The summed E-state index contributed by atoms with van der Waals surface area (Å²) < 4.78 is 5.23. The fourth-order valence-electron chi connectivity index (χ4n) is 3.67. The van der Waals surface area contributed by atoms with Crippen LogP contribution >= 0.6 is 0 Å². The largest absolute Gasteiger partial charge is 0.451 e. The Morgan fingerprint density at radius 1 is 1.07 bits per heavy atom. The van der Waals surface area contributed by atoms with Crippen LogP contribution in [0.25, 0.3) is 0 Å². The van der Waals surface area contributed by atoms with E-state index in [0.717, 1.165) is 16.8 Å². The molecule has 1 aromatic heterocycles. The van der Waals surface area contributed by atoms with E-state index in [2.05, 4.69) is 38.0 Å². The topological polar surface area (TPSA) is 91.4 Å². The Labute approximate surface area is 172 Å². The van der Waals surface area contributed by atoms with E-state index in [1.54, 1.807) is 20.8 Å². The number of aliphatic hydroxyl groups excluding tert-OH is 1. The summed E-state index contributed by atoms with van der Waals surface area (Å²) >= 11 is 0. The number of aliphatic hydroxyl groups is 1. The summed E-state index contributed by atoms with van der Waals surface area (Å²) in [5.74, 6) is -0.510. The van der Waals surface area contributed by atoms with Crippen LogP contribution in [0.5, 0.6) is 0 Å². The number of carbonyl (C=O) groups excluding carboxylic acids is 2. The molecule has 0 aliphatic carbocycles. The summed E-state index contributed by atoms with van der Waals surface area (Å²) in [5, 5.41) is 12.8. The highest BCUT2D eigenvalue weighted by atomic mass is 16.5. The average Bonchev–Trinajstić information content (AvgIpc) is 2.93. The standard InChI is InChI=1S/C23H32N2O4/c1-12(2)17-9-8-10-18(13(3)4)22(17)25-19(27)11-29-23(28)21-14(5)20(16(7)26)15(6)24-21/h8-10,12-13,16,24,26H,11H2,1-7H3,(H,25,27)/t16-/m1/s1. The van der Waals surface area contributed by atoms with Gasteiger partial charge in [-0.1, -0.05) is 45.9 Å². The van der Waals surface area contributed by atoms with E-state index in [9.17, 15) is 14.7 Å². The fourth-order valence-corrected chi connectivity index (χ4v) is 3.67. The molecule has 2 rings (SSSR count). The molecule has 6 heteroatoms. The molecule has 1 heterocycles. The number of aromatic nitrogens is 1. The first kappa shape index (κ1) is 22.7. The van der Waals surface area contributed by atoms with Crippen molar-refractivity contribution in [1.29, 1.82) is 0 Å². The Morgan fingerprint density at radius 2 is 1.62 bits per heavy atom. The van der Waals surface area contributed by atoms with Gasteiger partial charge in [0, 0.05) is 16.9 Å². The lowest BCUT2D eigenvalue weighted by Crippen LogP contribution is -2.23. The highest BCUT2D eigenvalue weighted by molar-refractivity contribution is 5.96. The number of anilines is 1. The Kier molecular flexibility index (Phi) is 7.25. The van der Waals surface area contributed by atoms with E-state index in [1.807, 2.05) is 18.2 Å². The van der Waals surface area contributed by atoms with E-state index >= 15 is 0 Å². The molecule has 3 N–H and O–H groups in total. The minimum atomic E-state index is -0.696. The van der Waals surface area contributed by atoms with E-state index in [-0.39, 0.29) is 30.0 Å². The molecule has 1 atom stereocenters. The summed E-state index contributed by atoms with van der Waals surface area (Å²) in [6, 6.07) is 6.00. The molecule has 1 aromatic carbocycles. The Bertz CT molecular complexity index is 868. The van der Waals surface area contributed by atoms with Crippen molar-refractivity contribution in [2.24, 2.45) is 0 Å². The molecule has 0 radical (unpaired) electrons. The van der Waals surface area contributed by atoms with Crippen molar-refractivity contribution in [3.63, 3.8) is 0 Å². The van der Waals surface area contributed by atoms with Gasteiger partial charge in [0.1, 0.15) is 5.69 Å². The average molecular weight is 401 g/mol. The van der Waals surface area contributed by atoms with Gasteiger partial charge in [-0.15, -0.1) is 0 Å². The minimum Gasteiger partial charge on any atom is -0.451 e. The van der Waals surface area contributed by atoms with Crippen LogP contribution in [0.3, 0.4) is 0 Å². The minimum absolute atomic E-state index is 0.245. The van der Waals surface area contributed by atoms with Crippen LogP contribution in [0.1, 0.15) is 91.0 Å². The first-order chi connectivity index (χ1) is 13.5. The zero-order valence-electron chi connectivity index (χ0n) is 18.3. The van der Waals surface area contributed by atoms with Crippen molar-refractivity contribution in [2.45, 2.75) is 66.4 Å². The number of H-pyrrole nitrogens is 1. The second kappa shape index (κ2) is 9.27. The van der Waals surface area contributed by atoms with Crippen LogP contribution in [0.2, 0.25) is 0 Å². The van der Waals surface area contributed by atoms with E-state index in [1.165, 1.54) is 0 Å². The van der Waals surface area contributed by atoms with Gasteiger partial charge in [0.2, 0.25) is 0 Å². The second-order valence-electron chi connectivity index (χ2n) is 8.08. The molecule has 0 saturated heterocycles. The lowest BCUT2D eigenvalue weighted by Gasteiger charge is -2.20. The number of para-hydroxylation sites is 1. The van der Waals surface area contributed by atoms with Crippen LogP contribution in [0.4, 0.5) is 5.69 Å². The molecule has 0 spiro atoms. The van der Waals surface area contributed by atoms with Gasteiger partial charge in [-0.25, -0.2) is 4.79 Å². The van der Waals surface area contributed by atoms with Crippen LogP contribution in [-0.2, 0) is 9.53 Å². The lowest BCUT2D eigenvalue weighted by molar-refractivity contribution is -0.119. The van der Waals surface area contributed by atoms with Crippen molar-refractivity contribution >= 4 is 17.6 Å². The van der Waals surface area contributed by atoms with Crippen molar-refractivity contribution in [2.75, 3.05) is 11.9 Å². The molecule has 0 bridgehead atoms. The highest BCUT2D eigenvalue weighted by Gasteiger charge is 2.22.